The van der Waals surface area contributed by atoms with E-state index in [4.69, 9.17) is 4.74 Å². The van der Waals surface area contributed by atoms with E-state index in [1.54, 1.807) is 0 Å². The number of likely N-dealkylation sites (tertiary alicyclic amines) is 1. The van der Waals surface area contributed by atoms with Crippen LogP contribution in [0.4, 0.5) is 4.79 Å². The number of rotatable bonds is 4. The van der Waals surface area contributed by atoms with Crippen molar-refractivity contribution in [2.75, 3.05) is 13.1 Å². The molecule has 0 saturated carbocycles. The molecule has 2 aliphatic rings. The van der Waals surface area contributed by atoms with E-state index in [0.29, 0.717) is 0 Å². The number of piperidine rings is 1. The Morgan fingerprint density at radius 3 is 2.21 bits per heavy atom. The second kappa shape index (κ2) is 7.66. The van der Waals surface area contributed by atoms with Gasteiger partial charge in [0, 0.05) is 25.9 Å². The van der Waals surface area contributed by atoms with Crippen molar-refractivity contribution in [3.05, 3.63) is 35.9 Å². The van der Waals surface area contributed by atoms with Crippen molar-refractivity contribution in [2.45, 2.75) is 37.9 Å². The Labute approximate surface area is 160 Å². The van der Waals surface area contributed by atoms with Gasteiger partial charge in [0.15, 0.2) is 5.60 Å². The van der Waals surface area contributed by atoms with E-state index < -0.39 is 34.3 Å². The first-order valence-electron chi connectivity index (χ1n) is 8.85. The predicted molar refractivity (Wildman–Crippen MR) is 89.8 cm³/mol. The number of hydrogen-bond donors (Lipinski definition) is 2. The number of carbonyl (C=O) groups is 4. The van der Waals surface area contributed by atoms with Crippen LogP contribution in [0.25, 0.3) is 0 Å². The van der Waals surface area contributed by atoms with E-state index >= 15 is 0 Å². The molecule has 3 amide bonds. The third-order valence-electron chi connectivity index (χ3n) is 4.88. The van der Waals surface area contributed by atoms with Gasteiger partial charge in [-0.2, -0.15) is 5.21 Å². The third-order valence-corrected chi connectivity index (χ3v) is 4.88. The minimum Gasteiger partial charge on any atom is -0.445 e. The maximum atomic E-state index is 12.3. The fraction of sp³-hybridized carbons (Fsp3) is 0.444. The highest BCUT2D eigenvalue weighted by Gasteiger charge is 2.58. The largest absolute Gasteiger partial charge is 0.445 e. The number of aliphatic hydroxyl groups is 1. The summed E-state index contributed by atoms with van der Waals surface area (Å²) >= 11 is 0. The van der Waals surface area contributed by atoms with Crippen LogP contribution < -0.4 is 0 Å². The average molecular weight is 393 g/mol. The lowest BCUT2D eigenvalue weighted by Gasteiger charge is -2.35. The molecule has 0 aromatic heterocycles. The van der Waals surface area contributed by atoms with Crippen LogP contribution in [0.1, 0.15) is 31.2 Å². The molecule has 28 heavy (non-hydrogen) atoms. The molecular formula is C18H21N2O8+. The van der Waals surface area contributed by atoms with E-state index in [1.807, 2.05) is 30.3 Å². The molecule has 2 saturated heterocycles. The van der Waals surface area contributed by atoms with Gasteiger partial charge in [-0.15, -0.1) is 0 Å². The molecule has 0 bridgehead atoms. The molecule has 1 aromatic rings. The summed E-state index contributed by atoms with van der Waals surface area (Å²) in [7, 11) is 0. The van der Waals surface area contributed by atoms with Crippen molar-refractivity contribution < 1.29 is 43.9 Å². The molecule has 0 atom stereocenters. The van der Waals surface area contributed by atoms with Gasteiger partial charge in [0.1, 0.15) is 11.4 Å². The fourth-order valence-corrected chi connectivity index (χ4v) is 3.04. The maximum absolute atomic E-state index is 12.3. The molecule has 2 N–H and O–H groups in total. The normalized spacial score (nSPS) is 20.7. The van der Waals surface area contributed by atoms with Crippen LogP contribution in [-0.2, 0) is 30.6 Å². The number of carbonyl (C=O) groups excluding carboxylic acids is 4. The number of imide groups is 1. The molecule has 10 nitrogen and oxygen atoms in total. The minimum atomic E-state index is -2.08. The molecular weight excluding hydrogens is 372 g/mol. The number of hydrogen-bond acceptors (Lipinski definition) is 8. The summed E-state index contributed by atoms with van der Waals surface area (Å²) < 4.78 is 5.20. The van der Waals surface area contributed by atoms with E-state index in [0.717, 1.165) is 5.56 Å². The summed E-state index contributed by atoms with van der Waals surface area (Å²) in [6.45, 7) is 0.107. The number of amides is 3. The van der Waals surface area contributed by atoms with Gasteiger partial charge in [0.25, 0.3) is 0 Å². The molecule has 1 aromatic carbocycles. The quantitative estimate of drug-likeness (QED) is 0.433. The first kappa shape index (κ1) is 19.9. The standard InChI is InChI=1S/C18H21N2O8/c21-14-6-7-15(22)20(14,26)28-16(23)18(25)8-10-19(11-9-18)17(24)27-12-13-4-2-1-3-5-13/h1-5,25-26H,6-12H2/q+1. The van der Waals surface area contributed by atoms with Crippen molar-refractivity contribution in [1.82, 2.24) is 4.90 Å². The molecule has 10 heteroatoms. The van der Waals surface area contributed by atoms with Gasteiger partial charge in [-0.25, -0.2) is 24.0 Å². The van der Waals surface area contributed by atoms with Gasteiger partial charge in [-0.3, -0.25) is 0 Å². The molecule has 2 fully saturated rings. The number of hydroxylamine groups is 4. The second-order valence-corrected chi connectivity index (χ2v) is 6.80. The minimum absolute atomic E-state index is 0.00649. The highest BCUT2D eigenvalue weighted by atomic mass is 17.0. The van der Waals surface area contributed by atoms with Gasteiger partial charge in [-0.05, 0) is 5.56 Å². The monoisotopic (exact) mass is 393 g/mol. The molecule has 2 aliphatic heterocycles. The van der Waals surface area contributed by atoms with Gasteiger partial charge in [0.2, 0.25) is 0 Å². The van der Waals surface area contributed by atoms with E-state index in [9.17, 15) is 29.5 Å². The fourth-order valence-electron chi connectivity index (χ4n) is 3.04. The van der Waals surface area contributed by atoms with Crippen LogP contribution in [-0.4, -0.2) is 62.6 Å². The lowest BCUT2D eigenvalue weighted by atomic mass is 9.92. The zero-order valence-electron chi connectivity index (χ0n) is 15.1. The number of benzene rings is 1. The van der Waals surface area contributed by atoms with Gasteiger partial charge in [0.05, 0.1) is 12.8 Å². The summed E-state index contributed by atoms with van der Waals surface area (Å²) in [4.78, 5) is 51.6. The van der Waals surface area contributed by atoms with Crippen LogP contribution in [0.2, 0.25) is 0 Å². The molecule has 0 radical (unpaired) electrons. The predicted octanol–water partition coefficient (Wildman–Crippen LogP) is 0.661. The van der Waals surface area contributed by atoms with Crippen molar-refractivity contribution in [1.29, 1.82) is 0 Å². The lowest BCUT2D eigenvalue weighted by Crippen LogP contribution is -2.57. The molecule has 0 spiro atoms. The first-order valence-corrected chi connectivity index (χ1v) is 8.85. The van der Waals surface area contributed by atoms with E-state index in [1.165, 1.54) is 4.90 Å². The molecule has 3 rings (SSSR count). The third kappa shape index (κ3) is 3.88. The average Bonchev–Trinajstić information content (AvgIpc) is 2.94. The van der Waals surface area contributed by atoms with Crippen LogP contribution in [0.5, 0.6) is 0 Å². The van der Waals surface area contributed by atoms with Crippen molar-refractivity contribution in [3.63, 3.8) is 0 Å². The topological polar surface area (TPSA) is 130 Å². The Balaban J connectivity index is 1.53. The summed E-state index contributed by atoms with van der Waals surface area (Å²) in [5.74, 6) is -3.22. The molecule has 0 unspecified atom stereocenters. The van der Waals surface area contributed by atoms with E-state index in [2.05, 4.69) is 4.84 Å². The van der Waals surface area contributed by atoms with Crippen LogP contribution in [0, 0.1) is 0 Å². The number of ether oxygens (including phenoxy) is 1. The van der Waals surface area contributed by atoms with Crippen LogP contribution >= 0.6 is 0 Å². The molecule has 150 valence electrons. The van der Waals surface area contributed by atoms with Crippen molar-refractivity contribution in [2.24, 2.45) is 0 Å². The summed E-state index contributed by atoms with van der Waals surface area (Å²) in [6.07, 6.45) is -1.46. The second-order valence-electron chi connectivity index (χ2n) is 6.80. The molecule has 2 heterocycles. The zero-order chi connectivity index (χ0) is 20.4. The van der Waals surface area contributed by atoms with Crippen LogP contribution in [0.15, 0.2) is 30.3 Å². The lowest BCUT2D eigenvalue weighted by molar-refractivity contribution is -1.12. The highest BCUT2D eigenvalue weighted by molar-refractivity contribution is 5.91. The number of quaternary nitrogens is 1. The summed E-state index contributed by atoms with van der Waals surface area (Å²) in [5.41, 5.74) is -1.20. The SMILES string of the molecule is O=C(OCc1ccccc1)N1CCC(O)(C(=O)O[N+]2(O)C(=O)CCC2=O)CC1. The summed E-state index contributed by atoms with van der Waals surface area (Å²) in [5, 5.41) is 20.5. The Kier molecular flexibility index (Phi) is 5.45. The smallest absolute Gasteiger partial charge is 0.410 e. The zero-order valence-corrected chi connectivity index (χ0v) is 15.1. The maximum Gasteiger partial charge on any atom is 0.410 e. The van der Waals surface area contributed by atoms with Gasteiger partial charge >= 0.3 is 23.9 Å². The summed E-state index contributed by atoms with van der Waals surface area (Å²) in [6, 6.07) is 9.11. The van der Waals surface area contributed by atoms with Gasteiger partial charge < -0.3 is 14.7 Å². The van der Waals surface area contributed by atoms with Crippen molar-refractivity contribution >= 4 is 23.9 Å². The van der Waals surface area contributed by atoms with Gasteiger partial charge in [-0.1, -0.05) is 30.3 Å². The Hall–Kier alpha value is -2.82. The number of nitrogens with zero attached hydrogens (tertiary/aromatic N) is 2. The first-order chi connectivity index (χ1) is 13.2. The van der Waals surface area contributed by atoms with Crippen molar-refractivity contribution in [3.8, 4) is 0 Å². The Morgan fingerprint density at radius 1 is 1.07 bits per heavy atom. The molecule has 0 aliphatic carbocycles. The van der Waals surface area contributed by atoms with E-state index in [-0.39, 0.29) is 45.4 Å². The Morgan fingerprint density at radius 2 is 1.64 bits per heavy atom. The highest BCUT2D eigenvalue weighted by Crippen LogP contribution is 2.28. The van der Waals surface area contributed by atoms with Crippen LogP contribution in [0.3, 0.4) is 0 Å². The Bertz CT molecular complexity index is 770.